The SMILES string of the molecule is Cc1c(C)c(C)c2c(c1C)N(C)C(C)(C)C2(C)C. The molecule has 0 fully saturated rings. The van der Waals surface area contributed by atoms with Crippen molar-refractivity contribution < 1.29 is 0 Å². The van der Waals surface area contributed by atoms with E-state index in [0.29, 0.717) is 0 Å². The molecule has 0 aromatic heterocycles. The molecule has 0 atom stereocenters. The zero-order chi connectivity index (χ0) is 14.0. The first-order valence-electron chi connectivity index (χ1n) is 6.89. The zero-order valence-electron chi connectivity index (χ0n) is 13.4. The van der Waals surface area contributed by atoms with E-state index in [1.54, 1.807) is 5.56 Å². The molecule has 1 nitrogen and oxygen atoms in total. The Bertz CT molecular complexity index is 521. The van der Waals surface area contributed by atoms with Crippen LogP contribution >= 0.6 is 0 Å². The van der Waals surface area contributed by atoms with Crippen LogP contribution in [0.15, 0.2) is 0 Å². The molecule has 1 aromatic carbocycles. The summed E-state index contributed by atoms with van der Waals surface area (Å²) in [6, 6.07) is 0. The standard InChI is InChI=1S/C17H27N/c1-10-11(2)13(4)15-14(12(10)3)16(5,6)17(7,8)18(15)9/h1-9H3. The summed E-state index contributed by atoms with van der Waals surface area (Å²) in [6.45, 7) is 18.6. The average molecular weight is 245 g/mol. The zero-order valence-corrected chi connectivity index (χ0v) is 13.4. The number of likely N-dealkylation sites (N-methyl/N-ethyl adjacent to an activating group) is 1. The third kappa shape index (κ3) is 1.28. The lowest BCUT2D eigenvalue weighted by molar-refractivity contribution is 0.321. The maximum Gasteiger partial charge on any atom is 0.0442 e. The van der Waals surface area contributed by atoms with Crippen molar-refractivity contribution >= 4 is 5.69 Å². The summed E-state index contributed by atoms with van der Waals surface area (Å²) in [6.07, 6.45) is 0. The van der Waals surface area contributed by atoms with Crippen LogP contribution in [0.1, 0.15) is 55.5 Å². The van der Waals surface area contributed by atoms with Crippen molar-refractivity contribution in [1.82, 2.24) is 0 Å². The quantitative estimate of drug-likeness (QED) is 0.653. The normalized spacial score (nSPS) is 20.2. The maximum atomic E-state index is 2.48. The van der Waals surface area contributed by atoms with Crippen molar-refractivity contribution in [3.05, 3.63) is 27.8 Å². The lowest BCUT2D eigenvalue weighted by atomic mass is 9.70. The number of anilines is 1. The molecule has 1 heteroatoms. The molecule has 0 aliphatic carbocycles. The highest BCUT2D eigenvalue weighted by Gasteiger charge is 2.50. The van der Waals surface area contributed by atoms with Crippen LogP contribution in [0.5, 0.6) is 0 Å². The van der Waals surface area contributed by atoms with Crippen LogP contribution in [0.25, 0.3) is 0 Å². The third-order valence-corrected chi connectivity index (χ3v) is 5.98. The molecule has 0 saturated heterocycles. The topological polar surface area (TPSA) is 3.24 Å². The Morgan fingerprint density at radius 1 is 0.722 bits per heavy atom. The van der Waals surface area contributed by atoms with E-state index in [4.69, 9.17) is 0 Å². The number of hydrogen-bond acceptors (Lipinski definition) is 1. The predicted octanol–water partition coefficient (Wildman–Crippen LogP) is 4.43. The second kappa shape index (κ2) is 3.53. The molecule has 0 unspecified atom stereocenters. The summed E-state index contributed by atoms with van der Waals surface area (Å²) in [5.41, 5.74) is 9.21. The van der Waals surface area contributed by atoms with Gasteiger partial charge in [0.1, 0.15) is 0 Å². The smallest absolute Gasteiger partial charge is 0.0442 e. The van der Waals surface area contributed by atoms with Gasteiger partial charge in [-0.05, 0) is 69.4 Å². The van der Waals surface area contributed by atoms with Gasteiger partial charge in [-0.3, -0.25) is 0 Å². The van der Waals surface area contributed by atoms with E-state index in [9.17, 15) is 0 Å². The van der Waals surface area contributed by atoms with Crippen molar-refractivity contribution in [3.63, 3.8) is 0 Å². The van der Waals surface area contributed by atoms with Gasteiger partial charge in [-0.25, -0.2) is 0 Å². The van der Waals surface area contributed by atoms with E-state index in [2.05, 4.69) is 67.3 Å². The molecule has 0 amide bonds. The van der Waals surface area contributed by atoms with E-state index < -0.39 is 0 Å². The first-order chi connectivity index (χ1) is 8.05. The molecule has 1 aliphatic heterocycles. The van der Waals surface area contributed by atoms with Gasteiger partial charge in [0.25, 0.3) is 0 Å². The van der Waals surface area contributed by atoms with Gasteiger partial charge in [-0.1, -0.05) is 13.8 Å². The van der Waals surface area contributed by atoms with Gasteiger partial charge in [-0.2, -0.15) is 0 Å². The van der Waals surface area contributed by atoms with Crippen LogP contribution in [0.2, 0.25) is 0 Å². The number of rotatable bonds is 0. The van der Waals surface area contributed by atoms with Gasteiger partial charge in [0, 0.05) is 23.7 Å². The van der Waals surface area contributed by atoms with Gasteiger partial charge in [0.15, 0.2) is 0 Å². The first kappa shape index (κ1) is 13.5. The number of fused-ring (bicyclic) bond motifs is 1. The van der Waals surface area contributed by atoms with E-state index >= 15 is 0 Å². The fraction of sp³-hybridized carbons (Fsp3) is 0.647. The molecular formula is C17H27N. The van der Waals surface area contributed by atoms with Crippen LogP contribution in [0.4, 0.5) is 5.69 Å². The summed E-state index contributed by atoms with van der Waals surface area (Å²) in [4.78, 5) is 2.48. The van der Waals surface area contributed by atoms with Gasteiger partial charge >= 0.3 is 0 Å². The predicted molar refractivity (Wildman–Crippen MR) is 80.9 cm³/mol. The summed E-state index contributed by atoms with van der Waals surface area (Å²) in [5, 5.41) is 0. The maximum absolute atomic E-state index is 2.48. The fourth-order valence-corrected chi connectivity index (χ4v) is 3.48. The Kier molecular flexibility index (Phi) is 2.63. The molecular weight excluding hydrogens is 218 g/mol. The summed E-state index contributed by atoms with van der Waals surface area (Å²) >= 11 is 0. The fourth-order valence-electron chi connectivity index (χ4n) is 3.48. The minimum atomic E-state index is 0.158. The second-order valence-corrected chi connectivity index (χ2v) is 6.97. The summed E-state index contributed by atoms with van der Waals surface area (Å²) < 4.78 is 0. The van der Waals surface area contributed by atoms with Crippen molar-refractivity contribution in [2.45, 2.75) is 66.3 Å². The number of benzene rings is 1. The van der Waals surface area contributed by atoms with Crippen molar-refractivity contribution in [1.29, 1.82) is 0 Å². The lowest BCUT2D eigenvalue weighted by Crippen LogP contribution is -2.49. The van der Waals surface area contributed by atoms with Gasteiger partial charge < -0.3 is 4.90 Å². The molecule has 0 bridgehead atoms. The first-order valence-corrected chi connectivity index (χ1v) is 6.89. The van der Waals surface area contributed by atoms with E-state index in [-0.39, 0.29) is 11.0 Å². The molecule has 18 heavy (non-hydrogen) atoms. The van der Waals surface area contributed by atoms with Crippen molar-refractivity contribution in [2.24, 2.45) is 0 Å². The van der Waals surface area contributed by atoms with Gasteiger partial charge in [0.05, 0.1) is 0 Å². The molecule has 0 N–H and O–H groups in total. The monoisotopic (exact) mass is 245 g/mol. The second-order valence-electron chi connectivity index (χ2n) is 6.97. The van der Waals surface area contributed by atoms with Gasteiger partial charge in [-0.15, -0.1) is 0 Å². The molecule has 100 valence electrons. The average Bonchev–Trinajstić information content (AvgIpc) is 2.41. The van der Waals surface area contributed by atoms with Crippen LogP contribution in [-0.4, -0.2) is 12.6 Å². The Hall–Kier alpha value is -0.980. The minimum absolute atomic E-state index is 0.158. The molecule has 1 aliphatic rings. The molecule has 1 heterocycles. The Morgan fingerprint density at radius 2 is 1.17 bits per heavy atom. The van der Waals surface area contributed by atoms with Crippen LogP contribution in [0.3, 0.4) is 0 Å². The van der Waals surface area contributed by atoms with Crippen LogP contribution in [-0.2, 0) is 5.41 Å². The highest BCUT2D eigenvalue weighted by atomic mass is 15.2. The van der Waals surface area contributed by atoms with Crippen LogP contribution in [0, 0.1) is 27.7 Å². The highest BCUT2D eigenvalue weighted by molar-refractivity contribution is 5.74. The van der Waals surface area contributed by atoms with Gasteiger partial charge in [0.2, 0.25) is 0 Å². The van der Waals surface area contributed by atoms with Crippen molar-refractivity contribution in [2.75, 3.05) is 11.9 Å². The molecule has 0 spiro atoms. The minimum Gasteiger partial charge on any atom is -0.368 e. The largest absolute Gasteiger partial charge is 0.368 e. The molecule has 0 radical (unpaired) electrons. The highest BCUT2D eigenvalue weighted by Crippen LogP contribution is 2.54. The van der Waals surface area contributed by atoms with E-state index in [1.165, 1.54) is 27.9 Å². The molecule has 0 saturated carbocycles. The summed E-state index contributed by atoms with van der Waals surface area (Å²) in [5.74, 6) is 0. The Balaban J connectivity index is 2.93. The van der Waals surface area contributed by atoms with E-state index in [1.807, 2.05) is 0 Å². The molecule has 1 aromatic rings. The Labute approximate surface area is 112 Å². The third-order valence-electron chi connectivity index (χ3n) is 5.98. The number of nitrogens with zero attached hydrogens (tertiary/aromatic N) is 1. The number of hydrogen-bond donors (Lipinski definition) is 0. The Morgan fingerprint density at radius 3 is 1.67 bits per heavy atom. The van der Waals surface area contributed by atoms with Crippen molar-refractivity contribution in [3.8, 4) is 0 Å². The van der Waals surface area contributed by atoms with Crippen LogP contribution < -0.4 is 4.90 Å². The molecule has 2 rings (SSSR count). The van der Waals surface area contributed by atoms with E-state index in [0.717, 1.165) is 0 Å². The summed E-state index contributed by atoms with van der Waals surface area (Å²) in [7, 11) is 2.24. The lowest BCUT2D eigenvalue weighted by Gasteiger charge is -2.41.